The highest BCUT2D eigenvalue weighted by Crippen LogP contribution is 2.35. The molecular formula is C37H40N4O5. The van der Waals surface area contributed by atoms with Crippen LogP contribution >= 0.6 is 0 Å². The molecule has 0 aromatic heterocycles. The molecule has 9 heteroatoms. The highest BCUT2D eigenvalue weighted by molar-refractivity contribution is 6.08. The van der Waals surface area contributed by atoms with E-state index in [0.717, 1.165) is 21.9 Å². The lowest BCUT2D eigenvalue weighted by Gasteiger charge is -2.30. The molecule has 2 atom stereocenters. The van der Waals surface area contributed by atoms with Crippen molar-refractivity contribution in [3.05, 3.63) is 108 Å². The summed E-state index contributed by atoms with van der Waals surface area (Å²) in [6, 6.07) is 28.6. The van der Waals surface area contributed by atoms with Crippen LogP contribution < -0.4 is 15.1 Å². The first-order valence-electron chi connectivity index (χ1n) is 15.4. The van der Waals surface area contributed by atoms with Crippen molar-refractivity contribution in [2.24, 2.45) is 0 Å². The molecule has 1 aliphatic heterocycles. The van der Waals surface area contributed by atoms with Crippen molar-refractivity contribution in [3.8, 4) is 0 Å². The van der Waals surface area contributed by atoms with Crippen LogP contribution in [-0.4, -0.2) is 60.0 Å². The van der Waals surface area contributed by atoms with E-state index in [2.05, 4.69) is 5.32 Å². The van der Waals surface area contributed by atoms with Gasteiger partial charge in [0.05, 0.1) is 30.9 Å². The highest BCUT2D eigenvalue weighted by atomic mass is 16.6. The van der Waals surface area contributed by atoms with E-state index >= 15 is 0 Å². The number of fused-ring (bicyclic) bond motifs is 2. The Balaban J connectivity index is 1.51. The van der Waals surface area contributed by atoms with E-state index in [0.29, 0.717) is 11.4 Å². The van der Waals surface area contributed by atoms with Gasteiger partial charge < -0.3 is 19.9 Å². The minimum Gasteiger partial charge on any atom is -0.444 e. The molecule has 4 aromatic carbocycles. The Kier molecular flexibility index (Phi) is 9.41. The topological polar surface area (TPSA) is 99.3 Å². The van der Waals surface area contributed by atoms with Crippen LogP contribution in [0, 0.1) is 0 Å². The molecule has 0 saturated carbocycles. The molecule has 0 bridgehead atoms. The molecule has 1 N–H and O–H groups in total. The average molecular weight is 621 g/mol. The predicted molar refractivity (Wildman–Crippen MR) is 179 cm³/mol. The smallest absolute Gasteiger partial charge is 0.410 e. The molecule has 0 unspecified atom stereocenters. The van der Waals surface area contributed by atoms with Gasteiger partial charge >= 0.3 is 6.09 Å². The van der Waals surface area contributed by atoms with Gasteiger partial charge in [0, 0.05) is 7.05 Å². The number of carbonyl (C=O) groups excluding carboxylic acids is 4. The molecule has 0 aliphatic carbocycles. The molecule has 0 fully saturated rings. The predicted octanol–water partition coefficient (Wildman–Crippen LogP) is 5.70. The largest absolute Gasteiger partial charge is 0.444 e. The number of hydrogen-bond donors (Lipinski definition) is 1. The summed E-state index contributed by atoms with van der Waals surface area (Å²) in [5.41, 5.74) is 2.16. The quantitative estimate of drug-likeness (QED) is 0.286. The average Bonchev–Trinajstić information content (AvgIpc) is 3.14. The third-order valence-corrected chi connectivity index (χ3v) is 8.06. The number of rotatable bonds is 7. The Morgan fingerprint density at radius 1 is 0.891 bits per heavy atom. The number of para-hydroxylation sites is 2. The zero-order chi connectivity index (χ0) is 33.0. The Morgan fingerprint density at radius 3 is 2.24 bits per heavy atom. The van der Waals surface area contributed by atoms with E-state index in [1.807, 2.05) is 97.1 Å². The number of benzene rings is 4. The maximum Gasteiger partial charge on any atom is 0.410 e. The molecule has 238 valence electrons. The zero-order valence-corrected chi connectivity index (χ0v) is 26.9. The van der Waals surface area contributed by atoms with E-state index in [1.54, 1.807) is 37.5 Å². The lowest BCUT2D eigenvalue weighted by atomic mass is 10.0. The maximum absolute atomic E-state index is 14.5. The summed E-state index contributed by atoms with van der Waals surface area (Å²) in [6.45, 7) is 6.95. The molecule has 1 heterocycles. The van der Waals surface area contributed by atoms with Gasteiger partial charge in [0.2, 0.25) is 11.8 Å². The fourth-order valence-corrected chi connectivity index (χ4v) is 5.52. The normalized spacial score (nSPS) is 15.5. The summed E-state index contributed by atoms with van der Waals surface area (Å²) >= 11 is 0. The SMILES string of the molecule is C[C@@H](C(=O)N[C@H]1CN(C(=O)Cc2ccccc2)c2ccccc2N(Cc2cccc3ccccc23)C1=O)N(C)C(=O)OC(C)(C)C. The first-order chi connectivity index (χ1) is 21.9. The summed E-state index contributed by atoms with van der Waals surface area (Å²) in [7, 11) is 1.48. The standard InChI is InChI=1S/C37H40N4O5/c1-25(39(5)36(45)46-37(2,3)4)34(43)38-30-24-40(33(42)22-26-14-7-6-8-15-26)31-20-11-12-21-32(31)41(35(30)44)23-28-18-13-17-27-16-9-10-19-29(27)28/h6-21,25,30H,22-24H2,1-5H3,(H,38,43)/t25-,30-/m0/s1. The van der Waals surface area contributed by atoms with Crippen molar-refractivity contribution in [1.82, 2.24) is 10.2 Å². The second-order valence-electron chi connectivity index (χ2n) is 12.5. The van der Waals surface area contributed by atoms with Crippen LogP contribution in [0.15, 0.2) is 97.1 Å². The molecule has 0 saturated heterocycles. The van der Waals surface area contributed by atoms with Crippen molar-refractivity contribution in [2.45, 2.75) is 58.3 Å². The van der Waals surface area contributed by atoms with Crippen LogP contribution in [-0.2, 0) is 32.1 Å². The van der Waals surface area contributed by atoms with Gasteiger partial charge in [-0.3, -0.25) is 19.3 Å². The van der Waals surface area contributed by atoms with Crippen molar-refractivity contribution >= 4 is 46.0 Å². The lowest BCUT2D eigenvalue weighted by molar-refractivity contribution is -0.130. The number of ether oxygens (including phenoxy) is 1. The summed E-state index contributed by atoms with van der Waals surface area (Å²) in [5, 5.41) is 4.92. The second-order valence-corrected chi connectivity index (χ2v) is 12.5. The van der Waals surface area contributed by atoms with Gasteiger partial charge in [-0.25, -0.2) is 4.79 Å². The summed E-state index contributed by atoms with van der Waals surface area (Å²) in [5.74, 6) is -1.12. The Labute approximate surface area is 269 Å². The maximum atomic E-state index is 14.5. The molecule has 5 rings (SSSR count). The third kappa shape index (κ3) is 7.20. The molecule has 9 nitrogen and oxygen atoms in total. The zero-order valence-electron chi connectivity index (χ0n) is 26.9. The highest BCUT2D eigenvalue weighted by Gasteiger charge is 2.38. The van der Waals surface area contributed by atoms with Crippen LogP contribution in [0.25, 0.3) is 10.8 Å². The van der Waals surface area contributed by atoms with Crippen molar-refractivity contribution < 1.29 is 23.9 Å². The van der Waals surface area contributed by atoms with E-state index in [4.69, 9.17) is 4.74 Å². The monoisotopic (exact) mass is 620 g/mol. The number of amides is 4. The van der Waals surface area contributed by atoms with E-state index in [9.17, 15) is 19.2 Å². The Bertz CT molecular complexity index is 1740. The van der Waals surface area contributed by atoms with Gasteiger partial charge in [0.1, 0.15) is 17.7 Å². The molecular weight excluding hydrogens is 580 g/mol. The molecule has 0 radical (unpaired) electrons. The molecule has 1 aliphatic rings. The molecule has 0 spiro atoms. The summed E-state index contributed by atoms with van der Waals surface area (Å²) in [6.07, 6.45) is -0.544. The minimum absolute atomic E-state index is 0.0812. The number of likely N-dealkylation sites (N-methyl/N-ethyl adjacent to an activating group) is 1. The van der Waals surface area contributed by atoms with Gasteiger partial charge in [-0.05, 0) is 61.7 Å². The first kappa shape index (κ1) is 32.2. The van der Waals surface area contributed by atoms with E-state index < -0.39 is 29.7 Å². The molecule has 46 heavy (non-hydrogen) atoms. The van der Waals surface area contributed by atoms with Crippen LogP contribution in [0.5, 0.6) is 0 Å². The third-order valence-electron chi connectivity index (χ3n) is 8.06. The van der Waals surface area contributed by atoms with Crippen molar-refractivity contribution in [2.75, 3.05) is 23.4 Å². The number of anilines is 2. The van der Waals surface area contributed by atoms with Gasteiger partial charge in [-0.15, -0.1) is 0 Å². The number of nitrogens with one attached hydrogen (secondary N) is 1. The summed E-state index contributed by atoms with van der Waals surface area (Å²) < 4.78 is 5.45. The van der Waals surface area contributed by atoms with Gasteiger partial charge in [-0.2, -0.15) is 0 Å². The van der Waals surface area contributed by atoms with Crippen molar-refractivity contribution in [3.63, 3.8) is 0 Å². The Morgan fingerprint density at radius 2 is 1.52 bits per heavy atom. The second kappa shape index (κ2) is 13.4. The van der Waals surface area contributed by atoms with Crippen LogP contribution in [0.4, 0.5) is 16.2 Å². The van der Waals surface area contributed by atoms with Crippen molar-refractivity contribution in [1.29, 1.82) is 0 Å². The lowest BCUT2D eigenvalue weighted by Crippen LogP contribution is -2.57. The minimum atomic E-state index is -1.09. The first-order valence-corrected chi connectivity index (χ1v) is 15.4. The van der Waals surface area contributed by atoms with Crippen LogP contribution in [0.3, 0.4) is 0 Å². The van der Waals surface area contributed by atoms with Crippen LogP contribution in [0.2, 0.25) is 0 Å². The number of hydrogen-bond acceptors (Lipinski definition) is 5. The van der Waals surface area contributed by atoms with Gasteiger partial charge in [-0.1, -0.05) is 84.9 Å². The fraction of sp³-hybridized carbons (Fsp3) is 0.297. The number of nitrogens with zero attached hydrogens (tertiary/aromatic N) is 3. The summed E-state index contributed by atoms with van der Waals surface area (Å²) in [4.78, 5) is 59.2. The van der Waals surface area contributed by atoms with E-state index in [-0.39, 0.29) is 31.3 Å². The molecule has 4 aromatic rings. The van der Waals surface area contributed by atoms with Gasteiger partial charge in [0.15, 0.2) is 0 Å². The van der Waals surface area contributed by atoms with Gasteiger partial charge in [0.25, 0.3) is 5.91 Å². The Hall–Kier alpha value is -5.18. The van der Waals surface area contributed by atoms with E-state index in [1.165, 1.54) is 11.9 Å². The number of carbonyl (C=O) groups is 4. The van der Waals surface area contributed by atoms with Crippen LogP contribution in [0.1, 0.15) is 38.8 Å². The molecule has 4 amide bonds. The fourth-order valence-electron chi connectivity index (χ4n) is 5.52.